The van der Waals surface area contributed by atoms with Crippen LogP contribution in [-0.2, 0) is 0 Å². The van der Waals surface area contributed by atoms with Gasteiger partial charge in [0.25, 0.3) is 0 Å². The Bertz CT molecular complexity index is 485. The van der Waals surface area contributed by atoms with E-state index in [0.29, 0.717) is 12.5 Å². The standard InChI is InChI=1S/C16H26N4O2/c1-22-15-6-3-2-5-14(15)19-16(17)18-9-4-10-20-11-7-13(21)8-12-20/h2-3,5-6,13,21H,4,7-12H2,1H3,(H3,17,18,19). The number of hydrogen-bond donors (Lipinski definition) is 3. The van der Waals surface area contributed by atoms with Gasteiger partial charge in [-0.05, 0) is 37.9 Å². The van der Waals surface area contributed by atoms with E-state index in [4.69, 9.17) is 10.5 Å². The molecular weight excluding hydrogens is 280 g/mol. The van der Waals surface area contributed by atoms with Crippen LogP contribution in [0.4, 0.5) is 5.69 Å². The summed E-state index contributed by atoms with van der Waals surface area (Å²) in [4.78, 5) is 6.71. The summed E-state index contributed by atoms with van der Waals surface area (Å²) in [6, 6.07) is 7.61. The second-order valence-corrected chi connectivity index (χ2v) is 5.52. The number of hydrogen-bond acceptors (Lipinski definition) is 4. The van der Waals surface area contributed by atoms with Gasteiger partial charge in [-0.2, -0.15) is 0 Å². The molecule has 1 aromatic rings. The van der Waals surface area contributed by atoms with Crippen LogP contribution in [0, 0.1) is 0 Å². The number of anilines is 1. The lowest BCUT2D eigenvalue weighted by Gasteiger charge is -2.29. The van der Waals surface area contributed by atoms with Crippen LogP contribution in [-0.4, -0.2) is 55.4 Å². The molecule has 4 N–H and O–H groups in total. The van der Waals surface area contributed by atoms with E-state index in [1.807, 2.05) is 24.3 Å². The smallest absolute Gasteiger partial charge is 0.193 e. The minimum absolute atomic E-state index is 0.116. The average Bonchev–Trinajstić information content (AvgIpc) is 2.54. The minimum atomic E-state index is -0.116. The summed E-state index contributed by atoms with van der Waals surface area (Å²) in [7, 11) is 1.63. The second kappa shape index (κ2) is 8.60. The van der Waals surface area contributed by atoms with E-state index in [-0.39, 0.29) is 6.10 Å². The van der Waals surface area contributed by atoms with Gasteiger partial charge in [-0.1, -0.05) is 12.1 Å². The maximum atomic E-state index is 9.47. The Morgan fingerprint density at radius 3 is 2.86 bits per heavy atom. The Morgan fingerprint density at radius 1 is 1.41 bits per heavy atom. The van der Waals surface area contributed by atoms with Gasteiger partial charge in [0.15, 0.2) is 5.96 Å². The fourth-order valence-electron chi connectivity index (χ4n) is 2.56. The molecule has 1 fully saturated rings. The highest BCUT2D eigenvalue weighted by atomic mass is 16.5. The number of nitrogens with two attached hydrogens (primary N) is 1. The Hall–Kier alpha value is -1.79. The van der Waals surface area contributed by atoms with Crippen LogP contribution in [0.15, 0.2) is 29.3 Å². The number of ether oxygens (including phenoxy) is 1. The van der Waals surface area contributed by atoms with Crippen molar-refractivity contribution in [3.05, 3.63) is 24.3 Å². The normalized spacial score (nSPS) is 17.5. The van der Waals surface area contributed by atoms with Crippen LogP contribution < -0.4 is 15.8 Å². The highest BCUT2D eigenvalue weighted by molar-refractivity contribution is 5.93. The van der Waals surface area contributed by atoms with Crippen LogP contribution in [0.1, 0.15) is 19.3 Å². The van der Waals surface area contributed by atoms with Gasteiger partial charge < -0.3 is 25.8 Å². The van der Waals surface area contributed by atoms with Crippen molar-refractivity contribution in [2.24, 2.45) is 10.7 Å². The molecule has 2 rings (SSSR count). The van der Waals surface area contributed by atoms with Gasteiger partial charge in [-0.25, -0.2) is 0 Å². The fourth-order valence-corrected chi connectivity index (χ4v) is 2.56. The number of aliphatic imine (C=N–C) groups is 1. The summed E-state index contributed by atoms with van der Waals surface area (Å²) in [6.45, 7) is 3.63. The van der Waals surface area contributed by atoms with Gasteiger partial charge in [-0.15, -0.1) is 0 Å². The summed E-state index contributed by atoms with van der Waals surface area (Å²) < 4.78 is 5.26. The molecule has 0 saturated carbocycles. The number of nitrogens with one attached hydrogen (secondary N) is 1. The zero-order valence-corrected chi connectivity index (χ0v) is 13.2. The number of para-hydroxylation sites is 2. The second-order valence-electron chi connectivity index (χ2n) is 5.52. The van der Waals surface area contributed by atoms with Crippen LogP contribution in [0.2, 0.25) is 0 Å². The predicted octanol–water partition coefficient (Wildman–Crippen LogP) is 1.27. The number of rotatable bonds is 6. The van der Waals surface area contributed by atoms with Gasteiger partial charge in [0.2, 0.25) is 0 Å². The number of aliphatic hydroxyl groups is 1. The highest BCUT2D eigenvalue weighted by Crippen LogP contribution is 2.22. The van der Waals surface area contributed by atoms with Crippen molar-refractivity contribution in [1.29, 1.82) is 0 Å². The monoisotopic (exact) mass is 306 g/mol. The van der Waals surface area contributed by atoms with Gasteiger partial charge >= 0.3 is 0 Å². The number of aliphatic hydroxyl groups excluding tert-OH is 1. The SMILES string of the molecule is COc1ccccc1NC(N)=NCCCN1CCC(O)CC1. The molecule has 0 unspecified atom stereocenters. The first-order valence-corrected chi connectivity index (χ1v) is 7.79. The summed E-state index contributed by atoms with van der Waals surface area (Å²) in [5, 5.41) is 12.5. The Kier molecular flexibility index (Phi) is 6.48. The molecule has 1 aliphatic rings. The summed E-state index contributed by atoms with van der Waals surface area (Å²) in [5.74, 6) is 1.14. The van der Waals surface area contributed by atoms with E-state index in [0.717, 1.165) is 50.3 Å². The lowest BCUT2D eigenvalue weighted by Crippen LogP contribution is -2.36. The van der Waals surface area contributed by atoms with Crippen molar-refractivity contribution < 1.29 is 9.84 Å². The predicted molar refractivity (Wildman–Crippen MR) is 89.4 cm³/mol. The van der Waals surface area contributed by atoms with E-state index < -0.39 is 0 Å². The third-order valence-electron chi connectivity index (χ3n) is 3.84. The molecule has 0 amide bonds. The largest absolute Gasteiger partial charge is 0.495 e. The van der Waals surface area contributed by atoms with E-state index in [9.17, 15) is 5.11 Å². The number of likely N-dealkylation sites (tertiary alicyclic amines) is 1. The van der Waals surface area contributed by atoms with Gasteiger partial charge in [0, 0.05) is 19.6 Å². The third kappa shape index (κ3) is 5.20. The molecule has 22 heavy (non-hydrogen) atoms. The van der Waals surface area contributed by atoms with Crippen LogP contribution in [0.5, 0.6) is 5.75 Å². The Balaban J connectivity index is 1.71. The first-order valence-electron chi connectivity index (χ1n) is 7.79. The number of nitrogens with zero attached hydrogens (tertiary/aromatic N) is 2. The van der Waals surface area contributed by atoms with E-state index in [2.05, 4.69) is 15.2 Å². The third-order valence-corrected chi connectivity index (χ3v) is 3.84. The van der Waals surface area contributed by atoms with Crippen molar-refractivity contribution in [3.63, 3.8) is 0 Å². The van der Waals surface area contributed by atoms with Crippen molar-refractivity contribution in [3.8, 4) is 5.75 Å². The summed E-state index contributed by atoms with van der Waals surface area (Å²) in [6.07, 6.45) is 2.60. The molecule has 122 valence electrons. The Labute approximate surface area is 132 Å². The lowest BCUT2D eigenvalue weighted by molar-refractivity contribution is 0.0824. The van der Waals surface area contributed by atoms with Crippen molar-refractivity contribution >= 4 is 11.6 Å². The van der Waals surface area contributed by atoms with Crippen LogP contribution in [0.3, 0.4) is 0 Å². The topological polar surface area (TPSA) is 83.1 Å². The molecule has 1 aromatic carbocycles. The number of methoxy groups -OCH3 is 1. The van der Waals surface area contributed by atoms with E-state index in [1.165, 1.54) is 0 Å². The number of guanidine groups is 1. The summed E-state index contributed by atoms with van der Waals surface area (Å²) in [5.41, 5.74) is 6.72. The van der Waals surface area contributed by atoms with Crippen molar-refractivity contribution in [2.45, 2.75) is 25.4 Å². The van der Waals surface area contributed by atoms with E-state index >= 15 is 0 Å². The maximum Gasteiger partial charge on any atom is 0.193 e. The first-order chi connectivity index (χ1) is 10.7. The quantitative estimate of drug-likeness (QED) is 0.419. The number of benzene rings is 1. The molecule has 1 heterocycles. The lowest BCUT2D eigenvalue weighted by atomic mass is 10.1. The zero-order chi connectivity index (χ0) is 15.8. The summed E-state index contributed by atoms with van der Waals surface area (Å²) >= 11 is 0. The molecule has 0 bridgehead atoms. The molecule has 6 nitrogen and oxygen atoms in total. The molecule has 0 radical (unpaired) electrons. The molecular formula is C16H26N4O2. The fraction of sp³-hybridized carbons (Fsp3) is 0.562. The van der Waals surface area contributed by atoms with E-state index in [1.54, 1.807) is 7.11 Å². The van der Waals surface area contributed by atoms with Crippen LogP contribution >= 0.6 is 0 Å². The molecule has 0 aliphatic carbocycles. The van der Waals surface area contributed by atoms with Gasteiger partial charge in [-0.3, -0.25) is 4.99 Å². The zero-order valence-electron chi connectivity index (χ0n) is 13.2. The molecule has 0 spiro atoms. The highest BCUT2D eigenvalue weighted by Gasteiger charge is 2.15. The van der Waals surface area contributed by atoms with Gasteiger partial charge in [0.1, 0.15) is 5.75 Å². The number of piperidine rings is 1. The van der Waals surface area contributed by atoms with Crippen molar-refractivity contribution in [1.82, 2.24) is 4.90 Å². The first kappa shape index (κ1) is 16.6. The average molecular weight is 306 g/mol. The van der Waals surface area contributed by atoms with Crippen molar-refractivity contribution in [2.75, 3.05) is 38.6 Å². The molecule has 1 aliphatic heterocycles. The molecule has 0 aromatic heterocycles. The minimum Gasteiger partial charge on any atom is -0.495 e. The molecule has 6 heteroatoms. The molecule has 0 atom stereocenters. The molecule has 1 saturated heterocycles. The Morgan fingerprint density at radius 2 is 2.14 bits per heavy atom. The van der Waals surface area contributed by atoms with Crippen LogP contribution in [0.25, 0.3) is 0 Å². The maximum absolute atomic E-state index is 9.47. The van der Waals surface area contributed by atoms with Gasteiger partial charge in [0.05, 0.1) is 18.9 Å².